The molecule has 0 aromatic carbocycles. The zero-order valence-electron chi connectivity index (χ0n) is 13.8. The third kappa shape index (κ3) is 13.8. The molecule has 0 aliphatic carbocycles. The monoisotopic (exact) mass is 312 g/mol. The minimum Gasteiger partial charge on any atom is -0.481 e. The lowest BCUT2D eigenvalue weighted by atomic mass is 10.0. The van der Waals surface area contributed by atoms with Gasteiger partial charge in [0.05, 0.1) is 12.2 Å². The number of hydrogen-bond acceptors (Lipinski definition) is 3. The molecular formula is C18H32O4. The van der Waals surface area contributed by atoms with Crippen LogP contribution in [0.5, 0.6) is 0 Å². The van der Waals surface area contributed by atoms with Gasteiger partial charge in [-0.05, 0) is 38.5 Å². The second kappa shape index (κ2) is 14.8. The summed E-state index contributed by atoms with van der Waals surface area (Å²) in [6, 6.07) is 0. The summed E-state index contributed by atoms with van der Waals surface area (Å²) in [5, 5.41) is 28.1. The number of aliphatic carboxylic acids is 1. The largest absolute Gasteiger partial charge is 0.481 e. The fourth-order valence-corrected chi connectivity index (χ4v) is 2.12. The second-order valence-corrected chi connectivity index (χ2v) is 5.68. The highest BCUT2D eigenvalue weighted by molar-refractivity contribution is 5.66. The van der Waals surface area contributed by atoms with Crippen molar-refractivity contribution >= 4 is 5.97 Å². The fraction of sp³-hybridized carbons (Fsp3) is 0.722. The van der Waals surface area contributed by atoms with Gasteiger partial charge < -0.3 is 15.3 Å². The molecule has 0 heterocycles. The van der Waals surface area contributed by atoms with E-state index in [-0.39, 0.29) is 6.42 Å². The van der Waals surface area contributed by atoms with Gasteiger partial charge in [-0.3, -0.25) is 4.79 Å². The summed E-state index contributed by atoms with van der Waals surface area (Å²) in [5.41, 5.74) is 0. The van der Waals surface area contributed by atoms with E-state index in [9.17, 15) is 15.0 Å². The van der Waals surface area contributed by atoms with Crippen molar-refractivity contribution in [2.75, 3.05) is 0 Å². The smallest absolute Gasteiger partial charge is 0.303 e. The number of unbranched alkanes of at least 4 members (excludes halogenated alkanes) is 4. The van der Waals surface area contributed by atoms with Crippen LogP contribution < -0.4 is 0 Å². The Morgan fingerprint density at radius 2 is 1.68 bits per heavy atom. The van der Waals surface area contributed by atoms with Crippen molar-refractivity contribution in [2.24, 2.45) is 0 Å². The molecule has 0 aliphatic heterocycles. The Balaban J connectivity index is 3.62. The molecule has 0 aliphatic rings. The van der Waals surface area contributed by atoms with Crippen LogP contribution >= 0.6 is 0 Å². The second-order valence-electron chi connectivity index (χ2n) is 5.68. The third-order valence-corrected chi connectivity index (χ3v) is 3.54. The van der Waals surface area contributed by atoms with E-state index < -0.39 is 18.2 Å². The molecule has 0 unspecified atom stereocenters. The van der Waals surface area contributed by atoms with E-state index in [1.54, 1.807) is 0 Å². The minimum absolute atomic E-state index is 0.118. The molecule has 0 aromatic heterocycles. The summed E-state index contributed by atoms with van der Waals surface area (Å²) in [4.78, 5) is 10.4. The molecule has 0 rings (SSSR count). The highest BCUT2D eigenvalue weighted by Crippen LogP contribution is 2.10. The van der Waals surface area contributed by atoms with E-state index >= 15 is 0 Å². The SMILES string of the molecule is CCCCC/C=C\C/C=C\C[C@@H](O)[C@H](O)CCCCC(=O)O. The Morgan fingerprint density at radius 3 is 2.36 bits per heavy atom. The molecule has 0 bridgehead atoms. The molecule has 0 aromatic rings. The van der Waals surface area contributed by atoms with Crippen molar-refractivity contribution in [3.63, 3.8) is 0 Å². The van der Waals surface area contributed by atoms with Crippen molar-refractivity contribution in [2.45, 2.75) is 83.3 Å². The van der Waals surface area contributed by atoms with E-state index in [1.165, 1.54) is 19.3 Å². The van der Waals surface area contributed by atoms with E-state index in [0.29, 0.717) is 25.7 Å². The molecule has 0 radical (unpaired) electrons. The van der Waals surface area contributed by atoms with Crippen LogP contribution in [0.1, 0.15) is 71.1 Å². The van der Waals surface area contributed by atoms with Crippen LogP contribution in [0.15, 0.2) is 24.3 Å². The molecule has 3 N–H and O–H groups in total. The lowest BCUT2D eigenvalue weighted by Crippen LogP contribution is -2.25. The van der Waals surface area contributed by atoms with Gasteiger partial charge in [-0.1, -0.05) is 50.5 Å². The summed E-state index contributed by atoms with van der Waals surface area (Å²) in [5.74, 6) is -0.819. The van der Waals surface area contributed by atoms with Crippen LogP contribution in [0, 0.1) is 0 Å². The summed E-state index contributed by atoms with van der Waals surface area (Å²) in [7, 11) is 0. The number of rotatable bonds is 14. The molecule has 0 saturated heterocycles. The summed E-state index contributed by atoms with van der Waals surface area (Å²) >= 11 is 0. The zero-order valence-corrected chi connectivity index (χ0v) is 13.8. The normalized spacial score (nSPS) is 14.7. The van der Waals surface area contributed by atoms with E-state index in [0.717, 1.165) is 12.8 Å². The van der Waals surface area contributed by atoms with E-state index in [2.05, 4.69) is 19.1 Å². The average Bonchev–Trinajstić information content (AvgIpc) is 2.49. The van der Waals surface area contributed by atoms with Crippen molar-refractivity contribution in [3.8, 4) is 0 Å². The Bertz CT molecular complexity index is 323. The van der Waals surface area contributed by atoms with Gasteiger partial charge in [0.1, 0.15) is 0 Å². The van der Waals surface area contributed by atoms with Crippen LogP contribution in [0.2, 0.25) is 0 Å². The molecular weight excluding hydrogens is 280 g/mol. The first-order chi connectivity index (χ1) is 10.6. The Morgan fingerprint density at radius 1 is 0.955 bits per heavy atom. The first-order valence-corrected chi connectivity index (χ1v) is 8.45. The van der Waals surface area contributed by atoms with Crippen molar-refractivity contribution in [1.29, 1.82) is 0 Å². The van der Waals surface area contributed by atoms with Crippen LogP contribution in [-0.2, 0) is 4.79 Å². The Hall–Kier alpha value is -1.13. The first-order valence-electron chi connectivity index (χ1n) is 8.45. The third-order valence-electron chi connectivity index (χ3n) is 3.54. The molecule has 22 heavy (non-hydrogen) atoms. The zero-order chi connectivity index (χ0) is 16.6. The standard InChI is InChI=1S/C18H32O4/c1-2-3-4-5-6-7-8-9-10-13-16(19)17(20)14-11-12-15-18(21)22/h6-7,9-10,16-17,19-20H,2-5,8,11-15H2,1H3,(H,21,22)/b7-6-,10-9-/t16-,17-/m1/s1. The lowest BCUT2D eigenvalue weighted by molar-refractivity contribution is -0.137. The summed E-state index contributed by atoms with van der Waals surface area (Å²) in [6.45, 7) is 2.19. The van der Waals surface area contributed by atoms with Gasteiger partial charge in [0, 0.05) is 6.42 Å². The van der Waals surface area contributed by atoms with Gasteiger partial charge in [-0.2, -0.15) is 0 Å². The van der Waals surface area contributed by atoms with Gasteiger partial charge in [0.2, 0.25) is 0 Å². The molecule has 128 valence electrons. The molecule has 0 amide bonds. The Kier molecular flexibility index (Phi) is 14.0. The number of aliphatic hydroxyl groups excluding tert-OH is 2. The van der Waals surface area contributed by atoms with E-state index in [1.807, 2.05) is 12.2 Å². The van der Waals surface area contributed by atoms with Crippen LogP contribution in [0.3, 0.4) is 0 Å². The lowest BCUT2D eigenvalue weighted by Gasteiger charge is -2.15. The molecule has 2 atom stereocenters. The molecule has 0 spiro atoms. The van der Waals surface area contributed by atoms with Crippen molar-refractivity contribution in [3.05, 3.63) is 24.3 Å². The number of carbonyl (C=O) groups is 1. The van der Waals surface area contributed by atoms with Crippen LogP contribution in [0.25, 0.3) is 0 Å². The summed E-state index contributed by atoms with van der Waals surface area (Å²) < 4.78 is 0. The number of allylic oxidation sites excluding steroid dienone is 3. The van der Waals surface area contributed by atoms with Gasteiger partial charge in [-0.25, -0.2) is 0 Å². The quantitative estimate of drug-likeness (QED) is 0.336. The van der Waals surface area contributed by atoms with Gasteiger partial charge in [-0.15, -0.1) is 0 Å². The maximum atomic E-state index is 10.4. The molecule has 0 fully saturated rings. The molecule has 4 nitrogen and oxygen atoms in total. The molecule has 4 heteroatoms. The van der Waals surface area contributed by atoms with Gasteiger partial charge in [0.25, 0.3) is 0 Å². The maximum absolute atomic E-state index is 10.4. The van der Waals surface area contributed by atoms with Crippen LogP contribution in [-0.4, -0.2) is 33.5 Å². The number of aliphatic hydroxyl groups is 2. The first kappa shape index (κ1) is 20.9. The average molecular weight is 312 g/mol. The number of hydrogen-bond donors (Lipinski definition) is 3. The molecule has 0 saturated carbocycles. The summed E-state index contributed by atoms with van der Waals surface area (Å²) in [6.07, 6.45) is 14.5. The van der Waals surface area contributed by atoms with E-state index in [4.69, 9.17) is 5.11 Å². The maximum Gasteiger partial charge on any atom is 0.303 e. The Labute approximate surface area is 134 Å². The van der Waals surface area contributed by atoms with Crippen molar-refractivity contribution < 1.29 is 20.1 Å². The highest BCUT2D eigenvalue weighted by Gasteiger charge is 2.14. The number of carboxylic acids is 1. The van der Waals surface area contributed by atoms with Crippen molar-refractivity contribution in [1.82, 2.24) is 0 Å². The van der Waals surface area contributed by atoms with Gasteiger partial charge in [0.15, 0.2) is 0 Å². The highest BCUT2D eigenvalue weighted by atomic mass is 16.4. The number of carboxylic acid groups (broad SMARTS) is 1. The fourth-order valence-electron chi connectivity index (χ4n) is 2.12. The van der Waals surface area contributed by atoms with Gasteiger partial charge >= 0.3 is 5.97 Å². The predicted molar refractivity (Wildman–Crippen MR) is 89.8 cm³/mol. The predicted octanol–water partition coefficient (Wildman–Crippen LogP) is 3.83. The topological polar surface area (TPSA) is 77.8 Å². The minimum atomic E-state index is -0.819. The van der Waals surface area contributed by atoms with Crippen LogP contribution in [0.4, 0.5) is 0 Å².